The first-order valence-corrected chi connectivity index (χ1v) is 4.63. The van der Waals surface area contributed by atoms with Gasteiger partial charge in [-0.05, 0) is 18.6 Å². The maximum Gasteiger partial charge on any atom is 0.271 e. The zero-order valence-electron chi connectivity index (χ0n) is 8.62. The van der Waals surface area contributed by atoms with Crippen LogP contribution in [0.3, 0.4) is 0 Å². The zero-order valence-corrected chi connectivity index (χ0v) is 8.62. The predicted molar refractivity (Wildman–Crippen MR) is 59.4 cm³/mol. The highest BCUT2D eigenvalue weighted by molar-refractivity contribution is 5.62. The van der Waals surface area contributed by atoms with Crippen LogP contribution in [0.1, 0.15) is 5.56 Å². The van der Waals surface area contributed by atoms with Gasteiger partial charge >= 0.3 is 0 Å². The summed E-state index contributed by atoms with van der Waals surface area (Å²) in [5, 5.41) is 14.6. The molecule has 2 rings (SSSR count). The van der Waals surface area contributed by atoms with Crippen LogP contribution in [-0.4, -0.2) is 14.7 Å². The van der Waals surface area contributed by atoms with Crippen molar-refractivity contribution in [3.63, 3.8) is 0 Å². The molecule has 1 aromatic heterocycles. The molecular weight excluding hydrogens is 208 g/mol. The van der Waals surface area contributed by atoms with E-state index in [0.717, 1.165) is 5.56 Å². The van der Waals surface area contributed by atoms with Crippen molar-refractivity contribution in [3.8, 4) is 5.69 Å². The number of nitrogens with two attached hydrogens (primary N) is 1. The summed E-state index contributed by atoms with van der Waals surface area (Å²) in [7, 11) is 0. The third-order valence-corrected chi connectivity index (χ3v) is 2.18. The molecule has 6 heteroatoms. The van der Waals surface area contributed by atoms with E-state index in [1.54, 1.807) is 23.1 Å². The fraction of sp³-hybridized carbons (Fsp3) is 0.100. The quantitative estimate of drug-likeness (QED) is 0.472. The average molecular weight is 218 g/mol. The van der Waals surface area contributed by atoms with Crippen molar-refractivity contribution in [2.45, 2.75) is 6.92 Å². The van der Waals surface area contributed by atoms with Gasteiger partial charge in [0.05, 0.1) is 22.5 Å². The monoisotopic (exact) mass is 218 g/mol. The summed E-state index contributed by atoms with van der Waals surface area (Å²) in [5.41, 5.74) is 7.68. The number of anilines is 1. The topological polar surface area (TPSA) is 87.0 Å². The van der Waals surface area contributed by atoms with Crippen LogP contribution >= 0.6 is 0 Å². The number of nitro groups is 1. The lowest BCUT2D eigenvalue weighted by molar-refractivity contribution is -0.384. The maximum atomic E-state index is 10.5. The minimum Gasteiger partial charge on any atom is -0.397 e. The number of nitrogen functional groups attached to an aromatic ring is 1. The van der Waals surface area contributed by atoms with Gasteiger partial charge < -0.3 is 5.73 Å². The Morgan fingerprint density at radius 2 is 2.25 bits per heavy atom. The number of benzene rings is 1. The first-order valence-electron chi connectivity index (χ1n) is 4.63. The number of non-ortho nitro benzene ring substituents is 1. The molecule has 0 aliphatic carbocycles. The van der Waals surface area contributed by atoms with Gasteiger partial charge in [-0.1, -0.05) is 0 Å². The number of rotatable bonds is 2. The molecule has 0 amide bonds. The van der Waals surface area contributed by atoms with Gasteiger partial charge in [0.2, 0.25) is 0 Å². The highest BCUT2D eigenvalue weighted by Gasteiger charge is 2.10. The van der Waals surface area contributed by atoms with E-state index in [1.165, 1.54) is 12.1 Å². The molecule has 1 heterocycles. The molecular formula is C10H10N4O2. The van der Waals surface area contributed by atoms with Gasteiger partial charge in [-0.25, -0.2) is 4.68 Å². The van der Waals surface area contributed by atoms with Crippen LogP contribution in [0.25, 0.3) is 5.69 Å². The second-order valence-electron chi connectivity index (χ2n) is 3.46. The maximum absolute atomic E-state index is 10.5. The van der Waals surface area contributed by atoms with Crippen molar-refractivity contribution >= 4 is 11.4 Å². The summed E-state index contributed by atoms with van der Waals surface area (Å²) < 4.78 is 1.59. The summed E-state index contributed by atoms with van der Waals surface area (Å²) in [6.45, 7) is 1.91. The highest BCUT2D eigenvalue weighted by atomic mass is 16.6. The Morgan fingerprint density at radius 3 is 2.75 bits per heavy atom. The molecule has 82 valence electrons. The number of aromatic nitrogens is 2. The van der Waals surface area contributed by atoms with Crippen LogP contribution in [0.15, 0.2) is 30.6 Å². The van der Waals surface area contributed by atoms with Gasteiger partial charge in [-0.15, -0.1) is 0 Å². The van der Waals surface area contributed by atoms with E-state index in [9.17, 15) is 10.1 Å². The molecule has 0 atom stereocenters. The Morgan fingerprint density at radius 1 is 1.50 bits per heavy atom. The third-order valence-electron chi connectivity index (χ3n) is 2.18. The van der Waals surface area contributed by atoms with Gasteiger partial charge in [0.15, 0.2) is 0 Å². The Labute approximate surface area is 91.5 Å². The molecule has 16 heavy (non-hydrogen) atoms. The van der Waals surface area contributed by atoms with E-state index in [4.69, 9.17) is 5.73 Å². The normalized spacial score (nSPS) is 10.3. The number of nitrogens with zero attached hydrogens (tertiary/aromatic N) is 3. The lowest BCUT2D eigenvalue weighted by Crippen LogP contribution is -2.01. The largest absolute Gasteiger partial charge is 0.397 e. The van der Waals surface area contributed by atoms with Crippen LogP contribution in [0.2, 0.25) is 0 Å². The third kappa shape index (κ3) is 1.72. The lowest BCUT2D eigenvalue weighted by Gasteiger charge is -2.04. The molecule has 2 N–H and O–H groups in total. The SMILES string of the molecule is Cc1cnn(-c2ccc([N+](=O)[O-])cc2N)c1. The first kappa shape index (κ1) is 10.2. The van der Waals surface area contributed by atoms with Gasteiger partial charge in [-0.2, -0.15) is 5.10 Å². The van der Waals surface area contributed by atoms with Crippen LogP contribution in [0.4, 0.5) is 11.4 Å². The van der Waals surface area contributed by atoms with Crippen molar-refractivity contribution in [3.05, 3.63) is 46.3 Å². The van der Waals surface area contributed by atoms with E-state index < -0.39 is 4.92 Å². The van der Waals surface area contributed by atoms with Gasteiger partial charge in [-0.3, -0.25) is 10.1 Å². The Kier molecular flexibility index (Phi) is 2.32. The van der Waals surface area contributed by atoms with Crippen molar-refractivity contribution in [2.24, 2.45) is 0 Å². The standard InChI is InChI=1S/C10H10N4O2/c1-7-5-12-13(6-7)10-3-2-8(14(15)16)4-9(10)11/h2-6H,11H2,1H3. The van der Waals surface area contributed by atoms with Gasteiger partial charge in [0, 0.05) is 18.3 Å². The smallest absolute Gasteiger partial charge is 0.271 e. The molecule has 6 nitrogen and oxygen atoms in total. The summed E-state index contributed by atoms with van der Waals surface area (Å²) >= 11 is 0. The molecule has 0 bridgehead atoms. The van der Waals surface area contributed by atoms with E-state index in [-0.39, 0.29) is 5.69 Å². The minimum absolute atomic E-state index is 0.0230. The fourth-order valence-corrected chi connectivity index (χ4v) is 1.41. The zero-order chi connectivity index (χ0) is 11.7. The van der Waals surface area contributed by atoms with Crippen LogP contribution in [0, 0.1) is 17.0 Å². The molecule has 1 aromatic carbocycles. The summed E-state index contributed by atoms with van der Waals surface area (Å²) in [6, 6.07) is 4.31. The predicted octanol–water partition coefficient (Wildman–Crippen LogP) is 1.67. The van der Waals surface area contributed by atoms with E-state index in [0.29, 0.717) is 11.4 Å². The van der Waals surface area contributed by atoms with Gasteiger partial charge in [0.25, 0.3) is 5.69 Å². The second-order valence-corrected chi connectivity index (χ2v) is 3.46. The summed E-state index contributed by atoms with van der Waals surface area (Å²) in [4.78, 5) is 10.1. The van der Waals surface area contributed by atoms with Crippen molar-refractivity contribution in [1.29, 1.82) is 0 Å². The van der Waals surface area contributed by atoms with Crippen LogP contribution in [0.5, 0.6) is 0 Å². The molecule has 0 radical (unpaired) electrons. The Hall–Kier alpha value is -2.37. The molecule has 0 spiro atoms. The molecule has 0 unspecified atom stereocenters. The summed E-state index contributed by atoms with van der Waals surface area (Å²) in [5.74, 6) is 0. The van der Waals surface area contributed by atoms with Crippen molar-refractivity contribution in [2.75, 3.05) is 5.73 Å². The van der Waals surface area contributed by atoms with Crippen LogP contribution < -0.4 is 5.73 Å². The molecule has 0 fully saturated rings. The highest BCUT2D eigenvalue weighted by Crippen LogP contribution is 2.22. The Balaban J connectivity index is 2.47. The van der Waals surface area contributed by atoms with E-state index >= 15 is 0 Å². The minimum atomic E-state index is -0.478. The molecule has 0 saturated heterocycles. The van der Waals surface area contributed by atoms with E-state index in [1.807, 2.05) is 6.92 Å². The average Bonchev–Trinajstić information content (AvgIpc) is 2.64. The second kappa shape index (κ2) is 3.65. The van der Waals surface area contributed by atoms with Crippen LogP contribution in [-0.2, 0) is 0 Å². The van der Waals surface area contributed by atoms with Crippen molar-refractivity contribution < 1.29 is 4.92 Å². The number of hydrogen-bond acceptors (Lipinski definition) is 4. The van der Waals surface area contributed by atoms with Gasteiger partial charge in [0.1, 0.15) is 0 Å². The first-order chi connectivity index (χ1) is 7.58. The molecule has 0 aliphatic rings. The number of aryl methyl sites for hydroxylation is 1. The molecule has 0 aliphatic heterocycles. The number of hydrogen-bond donors (Lipinski definition) is 1. The fourth-order valence-electron chi connectivity index (χ4n) is 1.41. The lowest BCUT2D eigenvalue weighted by atomic mass is 10.2. The Bertz CT molecular complexity index is 548. The van der Waals surface area contributed by atoms with Crippen molar-refractivity contribution in [1.82, 2.24) is 9.78 Å². The molecule has 2 aromatic rings. The van der Waals surface area contributed by atoms with E-state index in [2.05, 4.69) is 5.10 Å². The number of nitro benzene ring substituents is 1. The summed E-state index contributed by atoms with van der Waals surface area (Å²) in [6.07, 6.45) is 3.50. The molecule has 0 saturated carbocycles.